The molecular formula is C14H16N2O3S. The van der Waals surface area contributed by atoms with Crippen LogP contribution in [0.1, 0.15) is 32.7 Å². The molecule has 5 nitrogen and oxygen atoms in total. The molecule has 0 saturated carbocycles. The summed E-state index contributed by atoms with van der Waals surface area (Å²) >= 11 is 1.27. The van der Waals surface area contributed by atoms with E-state index < -0.39 is 0 Å². The van der Waals surface area contributed by atoms with Crippen LogP contribution in [-0.2, 0) is 0 Å². The first-order valence-corrected chi connectivity index (χ1v) is 7.05. The molecular weight excluding hydrogens is 276 g/mol. The molecule has 0 aliphatic heterocycles. The van der Waals surface area contributed by atoms with Gasteiger partial charge in [0.1, 0.15) is 0 Å². The van der Waals surface area contributed by atoms with Crippen LogP contribution < -0.4 is 5.32 Å². The van der Waals surface area contributed by atoms with Gasteiger partial charge < -0.3 is 14.6 Å². The van der Waals surface area contributed by atoms with E-state index >= 15 is 0 Å². The minimum absolute atomic E-state index is 0.0338. The van der Waals surface area contributed by atoms with Crippen LogP contribution in [0.5, 0.6) is 0 Å². The maximum atomic E-state index is 12.1. The number of nitrogens with one attached hydrogen (secondary N) is 1. The average molecular weight is 292 g/mol. The maximum Gasteiger partial charge on any atom is 0.291 e. The minimum Gasteiger partial charge on any atom is -0.459 e. The Hall–Kier alpha value is -2.08. The molecule has 2 aromatic heterocycles. The second kappa shape index (κ2) is 5.92. The highest BCUT2D eigenvalue weighted by atomic mass is 32.1. The molecule has 2 rings (SSSR count). The van der Waals surface area contributed by atoms with Crippen molar-refractivity contribution in [3.8, 4) is 0 Å². The highest BCUT2D eigenvalue weighted by molar-refractivity contribution is 7.18. The molecule has 0 saturated heterocycles. The second-order valence-electron chi connectivity index (χ2n) is 4.37. The van der Waals surface area contributed by atoms with E-state index in [2.05, 4.69) is 5.32 Å². The Bertz CT molecular complexity index is 616. The lowest BCUT2D eigenvalue weighted by Gasteiger charge is -2.13. The first-order valence-electron chi connectivity index (χ1n) is 6.23. The number of carbonyl (C=O) groups excluding carboxylic acids is 2. The molecule has 20 heavy (non-hydrogen) atoms. The molecule has 0 fully saturated rings. The van der Waals surface area contributed by atoms with Crippen molar-refractivity contribution in [1.29, 1.82) is 0 Å². The number of amides is 2. The number of aryl methyl sites for hydroxylation is 1. The van der Waals surface area contributed by atoms with Crippen LogP contribution in [0, 0.1) is 6.92 Å². The Kier molecular flexibility index (Phi) is 4.24. The summed E-state index contributed by atoms with van der Waals surface area (Å²) < 4.78 is 5.03. The molecule has 0 bridgehead atoms. The molecule has 1 N–H and O–H groups in total. The Morgan fingerprint density at radius 3 is 2.80 bits per heavy atom. The predicted molar refractivity (Wildman–Crippen MR) is 78.4 cm³/mol. The third-order valence-electron chi connectivity index (χ3n) is 2.91. The minimum atomic E-state index is -0.320. The van der Waals surface area contributed by atoms with Gasteiger partial charge in [-0.05, 0) is 37.6 Å². The van der Waals surface area contributed by atoms with Gasteiger partial charge in [-0.25, -0.2) is 0 Å². The average Bonchev–Trinajstić information content (AvgIpc) is 3.06. The summed E-state index contributed by atoms with van der Waals surface area (Å²) in [5, 5.41) is 3.37. The Morgan fingerprint density at radius 2 is 2.20 bits per heavy atom. The van der Waals surface area contributed by atoms with Crippen molar-refractivity contribution >= 4 is 28.2 Å². The van der Waals surface area contributed by atoms with Crippen molar-refractivity contribution in [3.05, 3.63) is 40.7 Å². The maximum absolute atomic E-state index is 12.1. The number of nitrogens with zero attached hydrogens (tertiary/aromatic N) is 1. The summed E-state index contributed by atoms with van der Waals surface area (Å²) in [5.74, 6) is -0.109. The number of rotatable bonds is 4. The van der Waals surface area contributed by atoms with Gasteiger partial charge in [0.2, 0.25) is 0 Å². The number of carbonyl (C=O) groups is 2. The van der Waals surface area contributed by atoms with Crippen LogP contribution in [0.2, 0.25) is 0 Å². The standard InChI is InChI=1S/C14H16N2O3S/c1-4-16(3)14(18)12-9(2)8-11(20-12)15-13(17)10-6-5-7-19-10/h5-8H,4H2,1-3H3,(H,15,17). The SMILES string of the molecule is CCN(C)C(=O)c1sc(NC(=O)c2ccco2)cc1C. The summed E-state index contributed by atoms with van der Waals surface area (Å²) in [6.07, 6.45) is 1.44. The van der Waals surface area contributed by atoms with E-state index in [1.807, 2.05) is 13.8 Å². The lowest BCUT2D eigenvalue weighted by molar-refractivity contribution is 0.0806. The molecule has 0 unspecified atom stereocenters. The zero-order valence-corrected chi connectivity index (χ0v) is 12.4. The van der Waals surface area contributed by atoms with Gasteiger partial charge in [-0.2, -0.15) is 0 Å². The fourth-order valence-corrected chi connectivity index (χ4v) is 2.72. The van der Waals surface area contributed by atoms with Crippen molar-refractivity contribution in [3.63, 3.8) is 0 Å². The van der Waals surface area contributed by atoms with E-state index in [1.54, 1.807) is 30.1 Å². The molecule has 6 heteroatoms. The van der Waals surface area contributed by atoms with Crippen LogP contribution in [0.15, 0.2) is 28.9 Å². The number of anilines is 1. The second-order valence-corrected chi connectivity index (χ2v) is 5.43. The lowest BCUT2D eigenvalue weighted by Crippen LogP contribution is -2.25. The number of thiophene rings is 1. The molecule has 106 valence electrons. The van der Waals surface area contributed by atoms with Crippen molar-refractivity contribution < 1.29 is 14.0 Å². The van der Waals surface area contributed by atoms with Crippen molar-refractivity contribution in [2.45, 2.75) is 13.8 Å². The lowest BCUT2D eigenvalue weighted by atomic mass is 10.2. The van der Waals surface area contributed by atoms with Gasteiger partial charge >= 0.3 is 0 Å². The van der Waals surface area contributed by atoms with E-state index in [-0.39, 0.29) is 17.6 Å². The normalized spacial score (nSPS) is 10.3. The molecule has 0 aromatic carbocycles. The highest BCUT2D eigenvalue weighted by Gasteiger charge is 2.18. The summed E-state index contributed by atoms with van der Waals surface area (Å²) in [6.45, 7) is 4.42. The van der Waals surface area contributed by atoms with Gasteiger partial charge in [0.05, 0.1) is 16.1 Å². The van der Waals surface area contributed by atoms with Gasteiger partial charge in [0.15, 0.2) is 5.76 Å². The number of hydrogen-bond acceptors (Lipinski definition) is 4. The van der Waals surface area contributed by atoms with Gasteiger partial charge in [0, 0.05) is 13.6 Å². The smallest absolute Gasteiger partial charge is 0.291 e. The zero-order valence-electron chi connectivity index (χ0n) is 11.6. The fourth-order valence-electron chi connectivity index (χ4n) is 1.65. The van der Waals surface area contributed by atoms with E-state index in [1.165, 1.54) is 17.6 Å². The van der Waals surface area contributed by atoms with E-state index in [9.17, 15) is 9.59 Å². The van der Waals surface area contributed by atoms with Crippen LogP contribution in [0.3, 0.4) is 0 Å². The van der Waals surface area contributed by atoms with Crippen LogP contribution in [0.25, 0.3) is 0 Å². The topological polar surface area (TPSA) is 62.6 Å². The summed E-state index contributed by atoms with van der Waals surface area (Å²) in [7, 11) is 1.75. The van der Waals surface area contributed by atoms with Gasteiger partial charge in [-0.15, -0.1) is 11.3 Å². The van der Waals surface area contributed by atoms with Crippen LogP contribution >= 0.6 is 11.3 Å². The number of hydrogen-bond donors (Lipinski definition) is 1. The van der Waals surface area contributed by atoms with E-state index in [0.717, 1.165) is 5.56 Å². The molecule has 2 aromatic rings. The fraction of sp³-hybridized carbons (Fsp3) is 0.286. The molecule has 0 aliphatic rings. The third-order valence-corrected chi connectivity index (χ3v) is 4.06. The Labute approximate surface area is 121 Å². The third kappa shape index (κ3) is 2.91. The molecule has 0 atom stereocenters. The number of furan rings is 1. The summed E-state index contributed by atoms with van der Waals surface area (Å²) in [6, 6.07) is 5.04. The Morgan fingerprint density at radius 1 is 1.45 bits per heavy atom. The van der Waals surface area contributed by atoms with Gasteiger partial charge in [0.25, 0.3) is 11.8 Å². The van der Waals surface area contributed by atoms with Crippen LogP contribution in [0.4, 0.5) is 5.00 Å². The predicted octanol–water partition coefficient (Wildman–Crippen LogP) is 2.99. The summed E-state index contributed by atoms with van der Waals surface area (Å²) in [5.41, 5.74) is 0.857. The molecule has 0 aliphatic carbocycles. The first kappa shape index (κ1) is 14.3. The zero-order chi connectivity index (χ0) is 14.7. The highest BCUT2D eigenvalue weighted by Crippen LogP contribution is 2.28. The first-order chi connectivity index (χ1) is 9.52. The van der Waals surface area contributed by atoms with E-state index in [4.69, 9.17) is 4.42 Å². The molecule has 0 spiro atoms. The van der Waals surface area contributed by atoms with Crippen LogP contribution in [-0.4, -0.2) is 30.3 Å². The molecule has 2 amide bonds. The molecule has 0 radical (unpaired) electrons. The molecule has 2 heterocycles. The van der Waals surface area contributed by atoms with Crippen molar-refractivity contribution in [1.82, 2.24) is 4.90 Å². The van der Waals surface area contributed by atoms with Crippen molar-refractivity contribution in [2.24, 2.45) is 0 Å². The monoisotopic (exact) mass is 292 g/mol. The van der Waals surface area contributed by atoms with E-state index in [0.29, 0.717) is 16.4 Å². The van der Waals surface area contributed by atoms with Gasteiger partial charge in [-0.3, -0.25) is 9.59 Å². The quantitative estimate of drug-likeness (QED) is 0.942. The summed E-state index contributed by atoms with van der Waals surface area (Å²) in [4.78, 5) is 26.3. The Balaban J connectivity index is 2.15. The van der Waals surface area contributed by atoms with Gasteiger partial charge in [-0.1, -0.05) is 0 Å². The largest absolute Gasteiger partial charge is 0.459 e. The van der Waals surface area contributed by atoms with Crippen molar-refractivity contribution in [2.75, 3.05) is 18.9 Å².